The second-order valence-electron chi connectivity index (χ2n) is 7.90. The van der Waals surface area contributed by atoms with E-state index in [9.17, 15) is 20.2 Å². The Balaban J connectivity index is 1.66. The summed E-state index contributed by atoms with van der Waals surface area (Å²) in [6.45, 7) is 0. The molecule has 2 bridgehead atoms. The Labute approximate surface area is 155 Å². The van der Waals surface area contributed by atoms with Gasteiger partial charge in [0.1, 0.15) is 0 Å². The van der Waals surface area contributed by atoms with Crippen molar-refractivity contribution in [2.75, 3.05) is 5.32 Å². The Morgan fingerprint density at radius 3 is 2.48 bits per heavy atom. The second-order valence-corrected chi connectivity index (χ2v) is 7.90. The number of nitro groups is 2. The first kappa shape index (κ1) is 16.2. The number of non-ortho nitro benzene ring substituents is 1. The number of nitrogens with zero attached hydrogens (tertiary/aromatic N) is 2. The highest BCUT2D eigenvalue weighted by molar-refractivity contribution is 5.63. The molecule has 2 fully saturated rings. The van der Waals surface area contributed by atoms with E-state index in [0.29, 0.717) is 17.4 Å². The molecule has 27 heavy (non-hydrogen) atoms. The zero-order valence-electron chi connectivity index (χ0n) is 14.6. The van der Waals surface area contributed by atoms with Crippen LogP contribution in [0.5, 0.6) is 0 Å². The summed E-state index contributed by atoms with van der Waals surface area (Å²) in [6, 6.07) is 11.8. The highest BCUT2D eigenvalue weighted by atomic mass is 16.6. The van der Waals surface area contributed by atoms with Gasteiger partial charge in [-0.3, -0.25) is 20.2 Å². The number of nitro benzene ring substituents is 2. The Kier molecular flexibility index (Phi) is 3.47. The van der Waals surface area contributed by atoms with Crippen LogP contribution >= 0.6 is 0 Å². The van der Waals surface area contributed by atoms with Gasteiger partial charge in [0.05, 0.1) is 21.5 Å². The number of hydrogen-bond acceptors (Lipinski definition) is 5. The summed E-state index contributed by atoms with van der Waals surface area (Å²) >= 11 is 0. The van der Waals surface area contributed by atoms with Gasteiger partial charge in [0.25, 0.3) is 11.4 Å². The first-order chi connectivity index (χ1) is 13.0. The molecule has 0 unspecified atom stereocenters. The van der Waals surface area contributed by atoms with Crippen LogP contribution in [-0.2, 0) is 0 Å². The quantitative estimate of drug-likeness (QED) is 0.622. The standard InChI is InChI=1S/C20H19N3O4/c24-22(25)13-7-8-16-15(10-13)18-11-5-6-12(9-11)19(18)20(21-16)14-3-1-2-4-17(14)23(26)27/h1-4,7-8,10-12,18-21H,5-6,9H2/t11-,12-,18-,19-,20+/m0/s1. The summed E-state index contributed by atoms with van der Waals surface area (Å²) in [4.78, 5) is 22.2. The van der Waals surface area contributed by atoms with Gasteiger partial charge in [-0.15, -0.1) is 0 Å². The van der Waals surface area contributed by atoms with Crippen LogP contribution in [-0.4, -0.2) is 9.85 Å². The van der Waals surface area contributed by atoms with Gasteiger partial charge in [-0.2, -0.15) is 0 Å². The minimum atomic E-state index is -0.351. The van der Waals surface area contributed by atoms with Crippen molar-refractivity contribution in [3.05, 3.63) is 73.8 Å². The smallest absolute Gasteiger partial charge is 0.274 e. The molecular formula is C20H19N3O4. The second kappa shape index (κ2) is 5.77. The molecule has 1 N–H and O–H groups in total. The topological polar surface area (TPSA) is 98.3 Å². The minimum Gasteiger partial charge on any atom is -0.377 e. The Bertz CT molecular complexity index is 960. The monoisotopic (exact) mass is 365 g/mol. The molecule has 2 aromatic carbocycles. The van der Waals surface area contributed by atoms with Crippen LogP contribution < -0.4 is 5.32 Å². The lowest BCUT2D eigenvalue weighted by Crippen LogP contribution is -2.35. The lowest BCUT2D eigenvalue weighted by Gasteiger charge is -2.43. The first-order valence-electron chi connectivity index (χ1n) is 9.33. The van der Waals surface area contributed by atoms with E-state index in [1.165, 1.54) is 6.07 Å². The van der Waals surface area contributed by atoms with Gasteiger partial charge in [0, 0.05) is 23.9 Å². The van der Waals surface area contributed by atoms with E-state index in [1.807, 2.05) is 12.1 Å². The van der Waals surface area contributed by atoms with Crippen molar-refractivity contribution in [2.45, 2.75) is 31.2 Å². The van der Waals surface area contributed by atoms with Gasteiger partial charge >= 0.3 is 0 Å². The summed E-state index contributed by atoms with van der Waals surface area (Å²) < 4.78 is 0. The molecule has 3 aliphatic rings. The van der Waals surface area contributed by atoms with Gasteiger partial charge in [-0.1, -0.05) is 18.2 Å². The molecule has 7 nitrogen and oxygen atoms in total. The molecule has 7 heteroatoms. The molecule has 2 aromatic rings. The van der Waals surface area contributed by atoms with E-state index < -0.39 is 0 Å². The molecule has 2 aliphatic carbocycles. The molecule has 0 aromatic heterocycles. The normalized spacial score (nSPS) is 30.3. The van der Waals surface area contributed by atoms with E-state index in [4.69, 9.17) is 0 Å². The van der Waals surface area contributed by atoms with Crippen LogP contribution in [0.15, 0.2) is 42.5 Å². The molecule has 0 radical (unpaired) electrons. The Hall–Kier alpha value is -2.96. The van der Waals surface area contributed by atoms with Crippen LogP contribution in [0.25, 0.3) is 0 Å². The molecule has 0 spiro atoms. The van der Waals surface area contributed by atoms with Crippen molar-refractivity contribution in [3.63, 3.8) is 0 Å². The summed E-state index contributed by atoms with van der Waals surface area (Å²) in [6.07, 6.45) is 3.38. The molecule has 5 atom stereocenters. The van der Waals surface area contributed by atoms with Crippen molar-refractivity contribution in [2.24, 2.45) is 17.8 Å². The van der Waals surface area contributed by atoms with E-state index >= 15 is 0 Å². The maximum atomic E-state index is 11.6. The predicted molar refractivity (Wildman–Crippen MR) is 99.6 cm³/mol. The maximum absolute atomic E-state index is 11.6. The van der Waals surface area contributed by atoms with Crippen molar-refractivity contribution in [1.29, 1.82) is 0 Å². The Morgan fingerprint density at radius 2 is 1.70 bits per heavy atom. The summed E-state index contributed by atoms with van der Waals surface area (Å²) in [5, 5.41) is 26.3. The molecule has 0 amide bonds. The molecule has 0 saturated heterocycles. The van der Waals surface area contributed by atoms with Gasteiger partial charge in [0.2, 0.25) is 0 Å². The van der Waals surface area contributed by atoms with Crippen LogP contribution in [0, 0.1) is 38.0 Å². The third-order valence-corrected chi connectivity index (χ3v) is 6.75. The van der Waals surface area contributed by atoms with Crippen molar-refractivity contribution in [3.8, 4) is 0 Å². The molecule has 1 heterocycles. The van der Waals surface area contributed by atoms with Crippen LogP contribution in [0.1, 0.15) is 42.3 Å². The van der Waals surface area contributed by atoms with Crippen molar-refractivity contribution >= 4 is 17.1 Å². The average Bonchev–Trinajstić information content (AvgIpc) is 3.29. The largest absolute Gasteiger partial charge is 0.377 e. The number of nitrogens with one attached hydrogen (secondary N) is 1. The number of para-hydroxylation sites is 1. The van der Waals surface area contributed by atoms with Crippen molar-refractivity contribution < 1.29 is 9.85 Å². The summed E-state index contributed by atoms with van der Waals surface area (Å²) in [7, 11) is 0. The molecule has 5 rings (SSSR count). The minimum absolute atomic E-state index is 0.112. The number of benzene rings is 2. The highest BCUT2D eigenvalue weighted by Crippen LogP contribution is 2.64. The lowest BCUT2D eigenvalue weighted by molar-refractivity contribution is -0.385. The molecule has 2 saturated carbocycles. The average molecular weight is 365 g/mol. The van der Waals surface area contributed by atoms with Gasteiger partial charge in [-0.25, -0.2) is 0 Å². The van der Waals surface area contributed by atoms with Crippen molar-refractivity contribution in [1.82, 2.24) is 0 Å². The third kappa shape index (κ3) is 2.34. The first-order valence-corrected chi connectivity index (χ1v) is 9.33. The third-order valence-electron chi connectivity index (χ3n) is 6.75. The van der Waals surface area contributed by atoms with Gasteiger partial charge in [-0.05, 0) is 54.6 Å². The van der Waals surface area contributed by atoms with E-state index in [1.54, 1.807) is 24.3 Å². The summed E-state index contributed by atoms with van der Waals surface area (Å²) in [5.74, 6) is 1.47. The van der Waals surface area contributed by atoms with Crippen LogP contribution in [0.4, 0.5) is 17.1 Å². The van der Waals surface area contributed by atoms with Crippen LogP contribution in [0.3, 0.4) is 0 Å². The molecule has 138 valence electrons. The fourth-order valence-electron chi connectivity index (χ4n) is 5.81. The highest BCUT2D eigenvalue weighted by Gasteiger charge is 2.54. The number of fused-ring (bicyclic) bond motifs is 7. The molecule has 1 aliphatic heterocycles. The zero-order valence-corrected chi connectivity index (χ0v) is 14.6. The lowest BCUT2D eigenvalue weighted by atomic mass is 9.68. The zero-order chi connectivity index (χ0) is 18.7. The fraction of sp³-hybridized carbons (Fsp3) is 0.400. The summed E-state index contributed by atoms with van der Waals surface area (Å²) in [5.41, 5.74) is 2.85. The van der Waals surface area contributed by atoms with Gasteiger partial charge < -0.3 is 5.32 Å². The number of anilines is 1. The van der Waals surface area contributed by atoms with Crippen LogP contribution in [0.2, 0.25) is 0 Å². The fourth-order valence-corrected chi connectivity index (χ4v) is 5.81. The SMILES string of the molecule is O=[N+]([O-])c1ccc2c(c1)[C@@H]1[C@H]3CC[C@@H](C3)[C@@H]1[C@@H](c1ccccc1[N+](=O)[O-])N2. The Morgan fingerprint density at radius 1 is 0.926 bits per heavy atom. The van der Waals surface area contributed by atoms with E-state index in [2.05, 4.69) is 5.32 Å². The number of hydrogen-bond donors (Lipinski definition) is 1. The van der Waals surface area contributed by atoms with E-state index in [0.717, 1.165) is 30.5 Å². The predicted octanol–water partition coefficient (Wildman–Crippen LogP) is 4.80. The molecular weight excluding hydrogens is 346 g/mol. The maximum Gasteiger partial charge on any atom is 0.274 e. The number of rotatable bonds is 3. The van der Waals surface area contributed by atoms with E-state index in [-0.39, 0.29) is 39.1 Å². The van der Waals surface area contributed by atoms with Gasteiger partial charge in [0.15, 0.2) is 0 Å².